The monoisotopic (exact) mass is 249 g/mol. The molecule has 1 saturated heterocycles. The van der Waals surface area contributed by atoms with Gasteiger partial charge in [0.15, 0.2) is 0 Å². The van der Waals surface area contributed by atoms with Crippen LogP contribution in [0.15, 0.2) is 12.1 Å². The van der Waals surface area contributed by atoms with Crippen LogP contribution in [0.2, 0.25) is 5.02 Å². The molecule has 0 amide bonds. The van der Waals surface area contributed by atoms with Gasteiger partial charge in [0.05, 0.1) is 16.6 Å². The van der Waals surface area contributed by atoms with Gasteiger partial charge >= 0.3 is 0 Å². The van der Waals surface area contributed by atoms with E-state index in [9.17, 15) is 0 Å². The molecule has 0 radical (unpaired) electrons. The van der Waals surface area contributed by atoms with Gasteiger partial charge in [0, 0.05) is 7.05 Å². The number of halogens is 1. The number of nitrogens with one attached hydrogen (secondary N) is 1. The molecule has 1 unspecified atom stereocenters. The highest BCUT2D eigenvalue weighted by Gasteiger charge is 2.22. The predicted octanol–water partition coefficient (Wildman–Crippen LogP) is 2.96. The van der Waals surface area contributed by atoms with Gasteiger partial charge in [0.2, 0.25) is 0 Å². The third kappa shape index (κ3) is 1.74. The SMILES string of the molecule is Cc1cc(Cl)c2nc(C3CCCN3)n(C)c2c1. The number of aromatic nitrogens is 2. The smallest absolute Gasteiger partial charge is 0.126 e. The second-order valence-electron chi connectivity index (χ2n) is 4.79. The Morgan fingerprint density at radius 3 is 3.00 bits per heavy atom. The summed E-state index contributed by atoms with van der Waals surface area (Å²) in [5.41, 5.74) is 3.22. The van der Waals surface area contributed by atoms with Crippen molar-refractivity contribution in [2.24, 2.45) is 7.05 Å². The van der Waals surface area contributed by atoms with Crippen molar-refractivity contribution in [2.75, 3.05) is 6.54 Å². The zero-order valence-corrected chi connectivity index (χ0v) is 10.9. The molecule has 1 aromatic carbocycles. The molecule has 0 saturated carbocycles. The Hall–Kier alpha value is -1.06. The Labute approximate surface area is 106 Å². The van der Waals surface area contributed by atoms with E-state index in [1.54, 1.807) is 0 Å². The van der Waals surface area contributed by atoms with Gasteiger partial charge in [-0.15, -0.1) is 0 Å². The lowest BCUT2D eigenvalue weighted by molar-refractivity contribution is 0.584. The van der Waals surface area contributed by atoms with E-state index in [1.807, 2.05) is 6.07 Å². The van der Waals surface area contributed by atoms with Crippen LogP contribution in [0.25, 0.3) is 11.0 Å². The lowest BCUT2D eigenvalue weighted by Crippen LogP contribution is -2.16. The summed E-state index contributed by atoms with van der Waals surface area (Å²) in [5.74, 6) is 1.10. The first-order chi connectivity index (χ1) is 8.16. The van der Waals surface area contributed by atoms with Crippen molar-refractivity contribution in [1.82, 2.24) is 14.9 Å². The fourth-order valence-electron chi connectivity index (χ4n) is 2.61. The van der Waals surface area contributed by atoms with Crippen LogP contribution in [0.4, 0.5) is 0 Å². The molecular weight excluding hydrogens is 234 g/mol. The Balaban J connectivity index is 2.20. The quantitative estimate of drug-likeness (QED) is 0.842. The Bertz CT molecular complexity index is 568. The number of hydrogen-bond acceptors (Lipinski definition) is 2. The fourth-order valence-corrected chi connectivity index (χ4v) is 2.92. The zero-order valence-electron chi connectivity index (χ0n) is 10.1. The molecule has 4 heteroatoms. The number of benzene rings is 1. The lowest BCUT2D eigenvalue weighted by Gasteiger charge is -2.09. The average molecular weight is 250 g/mol. The van der Waals surface area contributed by atoms with Crippen LogP contribution in [-0.2, 0) is 7.05 Å². The van der Waals surface area contributed by atoms with Crippen molar-refractivity contribution in [2.45, 2.75) is 25.8 Å². The normalized spacial score (nSPS) is 20.3. The standard InChI is InChI=1S/C13H16ClN3/c1-8-6-9(14)12-11(7-8)17(2)13(16-12)10-4-3-5-15-10/h6-7,10,15H,3-5H2,1-2H3. The second kappa shape index (κ2) is 4.00. The minimum absolute atomic E-state index is 0.378. The summed E-state index contributed by atoms with van der Waals surface area (Å²) in [6.45, 7) is 3.15. The summed E-state index contributed by atoms with van der Waals surface area (Å²) in [7, 11) is 2.07. The van der Waals surface area contributed by atoms with Gasteiger partial charge in [-0.1, -0.05) is 11.6 Å². The third-order valence-corrected chi connectivity index (χ3v) is 3.78. The Morgan fingerprint density at radius 2 is 2.29 bits per heavy atom. The summed E-state index contributed by atoms with van der Waals surface area (Å²) in [6.07, 6.45) is 2.38. The van der Waals surface area contributed by atoms with Gasteiger partial charge in [-0.3, -0.25) is 0 Å². The largest absolute Gasteiger partial charge is 0.330 e. The van der Waals surface area contributed by atoms with Crippen molar-refractivity contribution in [3.8, 4) is 0 Å². The van der Waals surface area contributed by atoms with E-state index in [-0.39, 0.29) is 0 Å². The minimum Gasteiger partial charge on any atom is -0.330 e. The molecule has 2 aromatic rings. The van der Waals surface area contributed by atoms with Crippen LogP contribution in [0.3, 0.4) is 0 Å². The molecule has 1 fully saturated rings. The molecule has 0 bridgehead atoms. The summed E-state index contributed by atoms with van der Waals surface area (Å²) < 4.78 is 2.16. The maximum Gasteiger partial charge on any atom is 0.126 e. The molecule has 2 heterocycles. The lowest BCUT2D eigenvalue weighted by atomic mass is 10.2. The highest BCUT2D eigenvalue weighted by Crippen LogP contribution is 2.29. The minimum atomic E-state index is 0.378. The Kier molecular flexibility index (Phi) is 2.60. The molecule has 0 spiro atoms. The fraction of sp³-hybridized carbons (Fsp3) is 0.462. The van der Waals surface area contributed by atoms with Gasteiger partial charge in [-0.2, -0.15) is 0 Å². The van der Waals surface area contributed by atoms with Crippen LogP contribution >= 0.6 is 11.6 Å². The van der Waals surface area contributed by atoms with Gasteiger partial charge in [0.25, 0.3) is 0 Å². The molecular formula is C13H16ClN3. The Morgan fingerprint density at radius 1 is 1.47 bits per heavy atom. The first kappa shape index (κ1) is 11.1. The zero-order chi connectivity index (χ0) is 12.0. The van der Waals surface area contributed by atoms with Gasteiger partial charge in [-0.05, 0) is 44.0 Å². The molecule has 1 aliphatic heterocycles. The third-order valence-electron chi connectivity index (χ3n) is 3.49. The summed E-state index contributed by atoms with van der Waals surface area (Å²) in [5, 5.41) is 4.23. The first-order valence-corrected chi connectivity index (χ1v) is 6.40. The van der Waals surface area contributed by atoms with Crippen LogP contribution in [0, 0.1) is 6.92 Å². The van der Waals surface area contributed by atoms with Crippen LogP contribution in [0.1, 0.15) is 30.3 Å². The average Bonchev–Trinajstić information content (AvgIpc) is 2.87. The molecule has 0 aliphatic carbocycles. The molecule has 17 heavy (non-hydrogen) atoms. The van der Waals surface area contributed by atoms with E-state index in [4.69, 9.17) is 16.6 Å². The van der Waals surface area contributed by atoms with E-state index in [2.05, 4.69) is 29.9 Å². The van der Waals surface area contributed by atoms with Gasteiger partial charge in [-0.25, -0.2) is 4.98 Å². The molecule has 1 aliphatic rings. The predicted molar refractivity (Wildman–Crippen MR) is 70.4 cm³/mol. The van der Waals surface area contributed by atoms with Crippen molar-refractivity contribution in [1.29, 1.82) is 0 Å². The summed E-state index contributed by atoms with van der Waals surface area (Å²) in [6, 6.07) is 4.50. The molecule has 3 nitrogen and oxygen atoms in total. The van der Waals surface area contributed by atoms with Gasteiger partial charge < -0.3 is 9.88 Å². The number of rotatable bonds is 1. The summed E-state index contributed by atoms with van der Waals surface area (Å²) >= 11 is 6.26. The second-order valence-corrected chi connectivity index (χ2v) is 5.20. The van der Waals surface area contributed by atoms with Crippen molar-refractivity contribution in [3.63, 3.8) is 0 Å². The highest BCUT2D eigenvalue weighted by molar-refractivity contribution is 6.35. The molecule has 1 atom stereocenters. The van der Waals surface area contributed by atoms with E-state index in [1.165, 1.54) is 12.0 Å². The number of imidazole rings is 1. The molecule has 1 aromatic heterocycles. The number of fused-ring (bicyclic) bond motifs is 1. The maximum absolute atomic E-state index is 6.26. The van der Waals surface area contributed by atoms with E-state index in [0.29, 0.717) is 6.04 Å². The van der Waals surface area contributed by atoms with E-state index < -0.39 is 0 Å². The van der Waals surface area contributed by atoms with Gasteiger partial charge in [0.1, 0.15) is 11.3 Å². The van der Waals surface area contributed by atoms with Crippen molar-refractivity contribution >= 4 is 22.6 Å². The van der Waals surface area contributed by atoms with Crippen LogP contribution in [-0.4, -0.2) is 16.1 Å². The molecule has 1 N–H and O–H groups in total. The number of aryl methyl sites for hydroxylation is 2. The first-order valence-electron chi connectivity index (χ1n) is 6.02. The highest BCUT2D eigenvalue weighted by atomic mass is 35.5. The van der Waals surface area contributed by atoms with Crippen LogP contribution in [0.5, 0.6) is 0 Å². The maximum atomic E-state index is 6.26. The number of nitrogens with zero attached hydrogens (tertiary/aromatic N) is 2. The topological polar surface area (TPSA) is 29.9 Å². The van der Waals surface area contributed by atoms with E-state index in [0.717, 1.165) is 34.8 Å². The number of hydrogen-bond donors (Lipinski definition) is 1. The molecule has 3 rings (SSSR count). The van der Waals surface area contributed by atoms with E-state index >= 15 is 0 Å². The van der Waals surface area contributed by atoms with Crippen molar-refractivity contribution in [3.05, 3.63) is 28.5 Å². The molecule has 90 valence electrons. The summed E-state index contributed by atoms with van der Waals surface area (Å²) in [4.78, 5) is 4.70. The van der Waals surface area contributed by atoms with Crippen molar-refractivity contribution < 1.29 is 0 Å². The van der Waals surface area contributed by atoms with Crippen LogP contribution < -0.4 is 5.32 Å².